The first-order valence-corrected chi connectivity index (χ1v) is 9.94. The number of hydrogen-bond donors (Lipinski definition) is 4. The second-order valence-electron chi connectivity index (χ2n) is 11.4. The summed E-state index contributed by atoms with van der Waals surface area (Å²) in [6.45, 7) is 17.5. The highest BCUT2D eigenvalue weighted by Gasteiger charge is 2.44. The van der Waals surface area contributed by atoms with Gasteiger partial charge in [-0.1, -0.05) is 0 Å². The van der Waals surface area contributed by atoms with E-state index in [0.717, 1.165) is 25.7 Å². The van der Waals surface area contributed by atoms with Crippen LogP contribution < -0.4 is 21.3 Å². The number of carbonyl (C=O) groups is 2. The van der Waals surface area contributed by atoms with Crippen molar-refractivity contribution in [2.75, 3.05) is 0 Å². The molecule has 0 spiro atoms. The fourth-order valence-electron chi connectivity index (χ4n) is 5.74. The lowest BCUT2D eigenvalue weighted by Crippen LogP contribution is -3.06. The van der Waals surface area contributed by atoms with Crippen molar-refractivity contribution in [3.8, 4) is 0 Å². The average Bonchev–Trinajstić information content (AvgIpc) is 2.29. The molecule has 0 aliphatic carbocycles. The molecule has 2 fully saturated rings. The molecule has 2 aliphatic rings. The Morgan fingerprint density at radius 3 is 1.08 bits per heavy atom. The van der Waals surface area contributed by atoms with Crippen LogP contribution in [-0.4, -0.2) is 46.1 Å². The number of nitrogens with two attached hydrogens (primary N) is 2. The average molecular weight is 369 g/mol. The summed E-state index contributed by atoms with van der Waals surface area (Å²) in [5.41, 5.74) is 0.236. The zero-order valence-corrected chi connectivity index (χ0v) is 18.0. The van der Waals surface area contributed by atoms with E-state index in [-0.39, 0.29) is 34.2 Å². The monoisotopic (exact) mass is 368 g/mol. The molecule has 2 heterocycles. The summed E-state index contributed by atoms with van der Waals surface area (Å²) in [5.74, 6) is -0.984. The van der Waals surface area contributed by atoms with Gasteiger partial charge in [0.15, 0.2) is 0 Å². The molecule has 2 amide bonds. The first kappa shape index (κ1) is 21.2. The first-order chi connectivity index (χ1) is 11.6. The van der Waals surface area contributed by atoms with Crippen LogP contribution in [0.1, 0.15) is 81.1 Å². The lowest BCUT2D eigenvalue weighted by molar-refractivity contribution is -0.788. The van der Waals surface area contributed by atoms with Gasteiger partial charge in [-0.25, -0.2) is 0 Å². The van der Waals surface area contributed by atoms with Crippen molar-refractivity contribution in [1.29, 1.82) is 0 Å². The zero-order valence-electron chi connectivity index (χ0n) is 18.0. The van der Waals surface area contributed by atoms with E-state index < -0.39 is 11.8 Å². The molecule has 0 saturated carbocycles. The van der Waals surface area contributed by atoms with Crippen LogP contribution in [0.15, 0.2) is 0 Å². The summed E-state index contributed by atoms with van der Waals surface area (Å²) in [6.07, 6.45) is 3.48. The number of hydrogen-bond acceptors (Lipinski definition) is 2. The lowest BCUT2D eigenvalue weighted by Gasteiger charge is -2.43. The Kier molecular flexibility index (Phi) is 5.52. The van der Waals surface area contributed by atoms with E-state index in [0.29, 0.717) is 0 Å². The van der Waals surface area contributed by atoms with Crippen molar-refractivity contribution < 1.29 is 20.2 Å². The van der Waals surface area contributed by atoms with Gasteiger partial charge in [-0.15, -0.1) is 0 Å². The SMILES string of the molecule is CC1(C)CC(NC(=O)C(=O)NC2CC(C)(C)[NH2+]C(C)(C)C2)CC(C)(C)[NH2+]1. The van der Waals surface area contributed by atoms with Gasteiger partial charge >= 0.3 is 11.8 Å². The topological polar surface area (TPSA) is 91.4 Å². The summed E-state index contributed by atoms with van der Waals surface area (Å²) in [6, 6.07) is 0.0756. The minimum Gasteiger partial charge on any atom is -0.345 e. The molecule has 2 saturated heterocycles. The number of piperidine rings is 2. The molecule has 6 N–H and O–H groups in total. The van der Waals surface area contributed by atoms with Crippen molar-refractivity contribution in [3.05, 3.63) is 0 Å². The van der Waals surface area contributed by atoms with Crippen molar-refractivity contribution in [1.82, 2.24) is 10.6 Å². The van der Waals surface area contributed by atoms with E-state index in [9.17, 15) is 9.59 Å². The molecule has 0 aromatic rings. The van der Waals surface area contributed by atoms with Crippen LogP contribution in [-0.2, 0) is 9.59 Å². The molecule has 0 atom stereocenters. The maximum Gasteiger partial charge on any atom is 0.309 e. The molecular formula is C20H40N4O2+2. The maximum atomic E-state index is 12.5. The van der Waals surface area contributed by atoms with E-state index in [1.54, 1.807) is 0 Å². The Bertz CT molecular complexity index is 484. The standard InChI is InChI=1S/C20H38N4O2/c1-17(2)9-13(10-18(3,4)23-17)21-15(25)16(26)22-14-11-19(5,6)24-20(7,8)12-14/h13-14,23-24H,9-12H2,1-8H3,(H,21,25)(H,22,26)/p+2. The minimum atomic E-state index is -0.492. The van der Waals surface area contributed by atoms with Gasteiger partial charge in [0.25, 0.3) is 0 Å². The van der Waals surface area contributed by atoms with E-state index in [4.69, 9.17) is 0 Å². The molecule has 0 aromatic carbocycles. The number of amides is 2. The first-order valence-electron chi connectivity index (χ1n) is 9.94. The highest BCUT2D eigenvalue weighted by molar-refractivity contribution is 6.35. The van der Waals surface area contributed by atoms with Crippen LogP contribution >= 0.6 is 0 Å². The van der Waals surface area contributed by atoms with E-state index in [2.05, 4.69) is 76.7 Å². The second kappa shape index (κ2) is 6.79. The zero-order chi connectivity index (χ0) is 20.0. The smallest absolute Gasteiger partial charge is 0.309 e. The minimum absolute atomic E-state index is 0.0378. The predicted molar refractivity (Wildman–Crippen MR) is 102 cm³/mol. The molecule has 26 heavy (non-hydrogen) atoms. The van der Waals surface area contributed by atoms with Gasteiger partial charge in [-0.05, 0) is 55.4 Å². The Balaban J connectivity index is 1.94. The molecule has 6 nitrogen and oxygen atoms in total. The van der Waals surface area contributed by atoms with Crippen LogP contribution in [0.4, 0.5) is 0 Å². The van der Waals surface area contributed by atoms with Gasteiger partial charge in [0.2, 0.25) is 0 Å². The van der Waals surface area contributed by atoms with E-state index in [1.807, 2.05) is 0 Å². The third-order valence-electron chi connectivity index (χ3n) is 5.53. The number of rotatable bonds is 2. The van der Waals surface area contributed by atoms with Gasteiger partial charge in [0, 0.05) is 37.8 Å². The van der Waals surface area contributed by atoms with E-state index in [1.165, 1.54) is 0 Å². The Hall–Kier alpha value is -1.14. The van der Waals surface area contributed by atoms with Gasteiger partial charge in [0.05, 0.1) is 22.2 Å². The number of quaternary nitrogens is 2. The molecule has 0 radical (unpaired) electrons. The van der Waals surface area contributed by atoms with Crippen molar-refractivity contribution in [2.24, 2.45) is 0 Å². The van der Waals surface area contributed by atoms with Gasteiger partial charge < -0.3 is 21.3 Å². The summed E-state index contributed by atoms with van der Waals surface area (Å²) >= 11 is 0. The third-order valence-corrected chi connectivity index (χ3v) is 5.53. The fraction of sp³-hybridized carbons (Fsp3) is 0.900. The largest absolute Gasteiger partial charge is 0.345 e. The molecule has 2 rings (SSSR count). The highest BCUT2D eigenvalue weighted by Crippen LogP contribution is 2.23. The summed E-state index contributed by atoms with van der Waals surface area (Å²) in [4.78, 5) is 25.0. The van der Waals surface area contributed by atoms with Crippen LogP contribution in [0.25, 0.3) is 0 Å². The predicted octanol–water partition coefficient (Wildman–Crippen LogP) is -0.215. The summed E-state index contributed by atoms with van der Waals surface area (Å²) in [7, 11) is 0. The number of carbonyl (C=O) groups excluding carboxylic acids is 2. The summed E-state index contributed by atoms with van der Waals surface area (Å²) in [5, 5.41) is 10.7. The lowest BCUT2D eigenvalue weighted by atomic mass is 9.79. The molecule has 6 heteroatoms. The van der Waals surface area contributed by atoms with Crippen LogP contribution in [0.2, 0.25) is 0 Å². The third kappa shape index (κ3) is 5.95. The van der Waals surface area contributed by atoms with Crippen LogP contribution in [0.3, 0.4) is 0 Å². The molecule has 2 aliphatic heterocycles. The highest BCUT2D eigenvalue weighted by atomic mass is 16.2. The maximum absolute atomic E-state index is 12.5. The molecule has 0 bridgehead atoms. The fourth-order valence-corrected chi connectivity index (χ4v) is 5.74. The number of nitrogens with one attached hydrogen (secondary N) is 2. The van der Waals surface area contributed by atoms with Crippen LogP contribution in [0, 0.1) is 0 Å². The van der Waals surface area contributed by atoms with Crippen molar-refractivity contribution in [3.63, 3.8) is 0 Å². The molecule has 150 valence electrons. The second-order valence-corrected chi connectivity index (χ2v) is 11.4. The van der Waals surface area contributed by atoms with Crippen LogP contribution in [0.5, 0.6) is 0 Å². The van der Waals surface area contributed by atoms with Gasteiger partial charge in [-0.3, -0.25) is 9.59 Å². The quantitative estimate of drug-likeness (QED) is 0.508. The van der Waals surface area contributed by atoms with Gasteiger partial charge in [-0.2, -0.15) is 0 Å². The normalized spacial score (nSPS) is 27.5. The Labute approximate surface area is 158 Å². The Morgan fingerprint density at radius 2 is 0.846 bits per heavy atom. The Morgan fingerprint density at radius 1 is 0.615 bits per heavy atom. The van der Waals surface area contributed by atoms with Gasteiger partial charge in [0.1, 0.15) is 0 Å². The summed E-state index contributed by atoms with van der Waals surface area (Å²) < 4.78 is 0. The molecule has 0 unspecified atom stereocenters. The molecular weight excluding hydrogens is 328 g/mol. The van der Waals surface area contributed by atoms with E-state index >= 15 is 0 Å². The van der Waals surface area contributed by atoms with Crippen molar-refractivity contribution in [2.45, 2.75) is 115 Å². The molecule has 0 aromatic heterocycles. The van der Waals surface area contributed by atoms with Crippen molar-refractivity contribution >= 4 is 11.8 Å².